The Morgan fingerprint density at radius 2 is 1.71 bits per heavy atom. The third-order valence-electron chi connectivity index (χ3n) is 3.68. The SMILES string of the molecule is C=CC(=O)NC(C)(C)C(C)(C)C(C)C. The smallest absolute Gasteiger partial charge is 0.243 e. The summed E-state index contributed by atoms with van der Waals surface area (Å²) in [7, 11) is 0. The summed E-state index contributed by atoms with van der Waals surface area (Å²) in [5, 5.41) is 2.97. The minimum absolute atomic E-state index is 0.0473. The van der Waals surface area contributed by atoms with E-state index in [1.165, 1.54) is 6.08 Å². The number of nitrogens with one attached hydrogen (secondary N) is 1. The van der Waals surface area contributed by atoms with Crippen LogP contribution in [-0.2, 0) is 4.79 Å². The summed E-state index contributed by atoms with van der Waals surface area (Å²) in [4.78, 5) is 11.3. The topological polar surface area (TPSA) is 29.1 Å². The molecule has 2 heteroatoms. The van der Waals surface area contributed by atoms with E-state index in [-0.39, 0.29) is 16.9 Å². The molecule has 0 rings (SSSR count). The van der Waals surface area contributed by atoms with Crippen LogP contribution in [-0.4, -0.2) is 11.4 Å². The summed E-state index contributed by atoms with van der Waals surface area (Å²) in [6.45, 7) is 16.2. The zero-order valence-corrected chi connectivity index (χ0v) is 10.3. The molecule has 0 aliphatic heterocycles. The number of hydrogen-bond donors (Lipinski definition) is 1. The minimum atomic E-state index is -0.230. The van der Waals surface area contributed by atoms with Gasteiger partial charge in [-0.25, -0.2) is 0 Å². The van der Waals surface area contributed by atoms with Crippen molar-refractivity contribution in [3.8, 4) is 0 Å². The molecule has 0 fully saturated rings. The second kappa shape index (κ2) is 4.16. The van der Waals surface area contributed by atoms with Gasteiger partial charge in [0.1, 0.15) is 0 Å². The van der Waals surface area contributed by atoms with Gasteiger partial charge < -0.3 is 5.32 Å². The van der Waals surface area contributed by atoms with Crippen LogP contribution in [0.1, 0.15) is 41.5 Å². The minimum Gasteiger partial charge on any atom is -0.347 e. The second-order valence-electron chi connectivity index (χ2n) is 5.19. The lowest BCUT2D eigenvalue weighted by atomic mass is 9.67. The highest BCUT2D eigenvalue weighted by atomic mass is 16.1. The molecule has 0 aromatic rings. The van der Waals surface area contributed by atoms with E-state index < -0.39 is 0 Å². The summed E-state index contributed by atoms with van der Waals surface area (Å²) in [5.41, 5.74) is -0.182. The molecule has 82 valence electrons. The van der Waals surface area contributed by atoms with Crippen molar-refractivity contribution in [1.29, 1.82) is 0 Å². The van der Waals surface area contributed by atoms with Crippen LogP contribution in [0.2, 0.25) is 0 Å². The van der Waals surface area contributed by atoms with E-state index >= 15 is 0 Å². The molecular formula is C12H23NO. The monoisotopic (exact) mass is 197 g/mol. The van der Waals surface area contributed by atoms with Crippen molar-refractivity contribution in [3.05, 3.63) is 12.7 Å². The van der Waals surface area contributed by atoms with E-state index in [1.807, 2.05) is 0 Å². The highest BCUT2D eigenvalue weighted by Gasteiger charge is 2.39. The van der Waals surface area contributed by atoms with Gasteiger partial charge in [0.15, 0.2) is 0 Å². The van der Waals surface area contributed by atoms with Crippen LogP contribution >= 0.6 is 0 Å². The van der Waals surface area contributed by atoms with Crippen molar-refractivity contribution < 1.29 is 4.79 Å². The van der Waals surface area contributed by atoms with Gasteiger partial charge >= 0.3 is 0 Å². The number of carbonyl (C=O) groups excluding carboxylic acids is 1. The zero-order valence-electron chi connectivity index (χ0n) is 10.3. The fourth-order valence-electron chi connectivity index (χ4n) is 1.24. The molecule has 0 radical (unpaired) electrons. The van der Waals surface area contributed by atoms with Gasteiger partial charge in [-0.3, -0.25) is 4.79 Å². The molecule has 0 aliphatic carbocycles. The molecule has 0 aliphatic rings. The molecule has 0 saturated heterocycles. The van der Waals surface area contributed by atoms with E-state index in [1.54, 1.807) is 0 Å². The molecule has 0 heterocycles. The first-order chi connectivity index (χ1) is 6.15. The van der Waals surface area contributed by atoms with Crippen LogP contribution in [0.25, 0.3) is 0 Å². The lowest BCUT2D eigenvalue weighted by molar-refractivity contribution is -0.119. The average Bonchev–Trinajstić information content (AvgIpc) is 2.02. The highest BCUT2D eigenvalue weighted by molar-refractivity contribution is 5.87. The fourth-order valence-corrected chi connectivity index (χ4v) is 1.24. The van der Waals surface area contributed by atoms with Crippen molar-refractivity contribution >= 4 is 5.91 Å². The summed E-state index contributed by atoms with van der Waals surface area (Å²) in [6.07, 6.45) is 1.32. The first-order valence-corrected chi connectivity index (χ1v) is 5.09. The maximum atomic E-state index is 11.3. The van der Waals surface area contributed by atoms with Gasteiger partial charge in [-0.05, 0) is 31.3 Å². The Balaban J connectivity index is 4.76. The third-order valence-corrected chi connectivity index (χ3v) is 3.68. The van der Waals surface area contributed by atoms with E-state index in [0.717, 1.165) is 0 Å². The van der Waals surface area contributed by atoms with Crippen LogP contribution in [0.5, 0.6) is 0 Å². The van der Waals surface area contributed by atoms with Gasteiger partial charge in [-0.15, -0.1) is 0 Å². The van der Waals surface area contributed by atoms with Gasteiger partial charge in [-0.2, -0.15) is 0 Å². The molecule has 0 atom stereocenters. The van der Waals surface area contributed by atoms with Gasteiger partial charge in [0.2, 0.25) is 5.91 Å². The van der Waals surface area contributed by atoms with Crippen molar-refractivity contribution in [3.63, 3.8) is 0 Å². The maximum absolute atomic E-state index is 11.3. The van der Waals surface area contributed by atoms with Crippen LogP contribution in [0.3, 0.4) is 0 Å². The van der Waals surface area contributed by atoms with E-state index in [9.17, 15) is 4.79 Å². The molecule has 0 aromatic heterocycles. The average molecular weight is 197 g/mol. The zero-order chi connectivity index (χ0) is 11.6. The van der Waals surface area contributed by atoms with Crippen molar-refractivity contribution in [2.45, 2.75) is 47.1 Å². The second-order valence-corrected chi connectivity index (χ2v) is 5.19. The predicted octanol–water partition coefficient (Wildman–Crippen LogP) is 2.75. The lowest BCUT2D eigenvalue weighted by Gasteiger charge is -2.45. The van der Waals surface area contributed by atoms with Crippen molar-refractivity contribution in [2.75, 3.05) is 0 Å². The molecule has 0 bridgehead atoms. The van der Waals surface area contributed by atoms with Gasteiger partial charge in [0.05, 0.1) is 0 Å². The molecule has 0 spiro atoms. The Morgan fingerprint density at radius 1 is 1.29 bits per heavy atom. The number of rotatable bonds is 4. The third kappa shape index (κ3) is 2.60. The molecule has 14 heavy (non-hydrogen) atoms. The van der Waals surface area contributed by atoms with Gasteiger partial charge in [0, 0.05) is 5.54 Å². The quantitative estimate of drug-likeness (QED) is 0.690. The molecule has 0 aromatic carbocycles. The Kier molecular flexibility index (Phi) is 3.92. The molecule has 1 N–H and O–H groups in total. The Hall–Kier alpha value is -0.790. The maximum Gasteiger partial charge on any atom is 0.243 e. The summed E-state index contributed by atoms with van der Waals surface area (Å²) >= 11 is 0. The number of amides is 1. The molecule has 1 amide bonds. The first kappa shape index (κ1) is 13.2. The largest absolute Gasteiger partial charge is 0.347 e. The Bertz CT molecular complexity index is 226. The van der Waals surface area contributed by atoms with Crippen molar-refractivity contribution in [2.24, 2.45) is 11.3 Å². The lowest BCUT2D eigenvalue weighted by Crippen LogP contribution is -2.55. The number of carbonyl (C=O) groups is 1. The summed E-state index contributed by atoms with van der Waals surface area (Å²) in [6, 6.07) is 0. The normalized spacial score (nSPS) is 12.8. The Labute approximate surface area is 87.8 Å². The standard InChI is InChI=1S/C12H23NO/c1-8-10(14)13-12(6,7)11(4,5)9(2)3/h8-9H,1H2,2-7H3,(H,13,14). The van der Waals surface area contributed by atoms with E-state index in [4.69, 9.17) is 0 Å². The molecule has 2 nitrogen and oxygen atoms in total. The highest BCUT2D eigenvalue weighted by Crippen LogP contribution is 2.37. The van der Waals surface area contributed by atoms with Gasteiger partial charge in [-0.1, -0.05) is 34.3 Å². The summed E-state index contributed by atoms with van der Waals surface area (Å²) < 4.78 is 0. The summed E-state index contributed by atoms with van der Waals surface area (Å²) in [5.74, 6) is 0.395. The Morgan fingerprint density at radius 3 is 2.00 bits per heavy atom. The first-order valence-electron chi connectivity index (χ1n) is 5.09. The molecule has 0 saturated carbocycles. The number of hydrogen-bond acceptors (Lipinski definition) is 1. The molecule has 0 unspecified atom stereocenters. The van der Waals surface area contributed by atoms with Crippen LogP contribution in [0.4, 0.5) is 0 Å². The van der Waals surface area contributed by atoms with E-state index in [0.29, 0.717) is 5.92 Å². The molecular weight excluding hydrogens is 174 g/mol. The van der Waals surface area contributed by atoms with Crippen LogP contribution < -0.4 is 5.32 Å². The van der Waals surface area contributed by atoms with Crippen LogP contribution in [0, 0.1) is 11.3 Å². The van der Waals surface area contributed by atoms with E-state index in [2.05, 4.69) is 53.4 Å². The van der Waals surface area contributed by atoms with Gasteiger partial charge in [0.25, 0.3) is 0 Å². The fraction of sp³-hybridized carbons (Fsp3) is 0.750. The van der Waals surface area contributed by atoms with Crippen LogP contribution in [0.15, 0.2) is 12.7 Å². The predicted molar refractivity (Wildman–Crippen MR) is 61.0 cm³/mol. The van der Waals surface area contributed by atoms with Crippen molar-refractivity contribution in [1.82, 2.24) is 5.32 Å².